The maximum atomic E-state index is 13.8. The van der Waals surface area contributed by atoms with Crippen molar-refractivity contribution in [2.45, 2.75) is 28.7 Å². The van der Waals surface area contributed by atoms with Gasteiger partial charge < -0.3 is 14.2 Å². The number of hydrogen-bond acceptors (Lipinski definition) is 9. The largest absolute Gasteiger partial charge is 0.383 e. The van der Waals surface area contributed by atoms with E-state index in [0.717, 1.165) is 28.0 Å². The van der Waals surface area contributed by atoms with Crippen molar-refractivity contribution in [3.05, 3.63) is 48.0 Å². The number of hydrogen-bond donors (Lipinski definition) is 0. The Kier molecular flexibility index (Phi) is 10.2. The van der Waals surface area contributed by atoms with E-state index in [9.17, 15) is 13.2 Å². The Hall–Kier alpha value is -2.06. The average Bonchev–Trinajstić information content (AvgIpc) is 3.60. The summed E-state index contributed by atoms with van der Waals surface area (Å²) in [5.74, 6) is -0.246. The summed E-state index contributed by atoms with van der Waals surface area (Å²) in [7, 11) is -0.737. The Morgan fingerprint density at radius 2 is 1.84 bits per heavy atom. The number of anilines is 1. The maximum Gasteiger partial charge on any atom is 0.260 e. The molecule has 12 heteroatoms. The van der Waals surface area contributed by atoms with Gasteiger partial charge in [0, 0.05) is 44.4 Å². The molecule has 1 atom stereocenters. The average molecular weight is 580 g/mol. The third-order valence-electron chi connectivity index (χ3n) is 6.30. The molecule has 0 spiro atoms. The van der Waals surface area contributed by atoms with E-state index >= 15 is 0 Å². The molecular weight excluding hydrogens is 547 g/mol. The molecule has 0 saturated carbocycles. The second-order valence-electron chi connectivity index (χ2n) is 8.79. The SMILES string of the molecule is COCCN(CCOC)S(=O)(=O)c1ccc(C(=O)N(CC2CCCO2)c2nc3ccc(SC)cc3s2)cc1. The zero-order chi connectivity index (χ0) is 27.1. The first-order chi connectivity index (χ1) is 18.4. The van der Waals surface area contributed by atoms with Crippen LogP contribution < -0.4 is 4.90 Å². The minimum Gasteiger partial charge on any atom is -0.383 e. The molecule has 0 aliphatic carbocycles. The number of aromatic nitrogens is 1. The molecule has 0 N–H and O–H groups in total. The summed E-state index contributed by atoms with van der Waals surface area (Å²) < 4.78 is 44.8. The number of nitrogens with zero attached hydrogens (tertiary/aromatic N) is 3. The molecule has 1 unspecified atom stereocenters. The topological polar surface area (TPSA) is 98.3 Å². The van der Waals surface area contributed by atoms with Gasteiger partial charge in [0.15, 0.2) is 5.13 Å². The van der Waals surface area contributed by atoms with Gasteiger partial charge in [0.05, 0.1) is 41.0 Å². The van der Waals surface area contributed by atoms with Crippen molar-refractivity contribution >= 4 is 54.4 Å². The fourth-order valence-electron chi connectivity index (χ4n) is 4.19. The third-order valence-corrected chi connectivity index (χ3v) is 9.98. The number of benzene rings is 2. The number of sulfonamides is 1. The number of thiazole rings is 1. The predicted molar refractivity (Wildman–Crippen MR) is 151 cm³/mol. The fourth-order valence-corrected chi connectivity index (χ4v) is 7.12. The van der Waals surface area contributed by atoms with E-state index in [1.807, 2.05) is 18.4 Å². The zero-order valence-corrected chi connectivity index (χ0v) is 24.2. The van der Waals surface area contributed by atoms with Crippen LogP contribution in [0, 0.1) is 0 Å². The number of rotatable bonds is 13. The lowest BCUT2D eigenvalue weighted by Gasteiger charge is -2.24. The molecule has 1 saturated heterocycles. The monoisotopic (exact) mass is 579 g/mol. The van der Waals surface area contributed by atoms with Gasteiger partial charge in [-0.15, -0.1) is 11.8 Å². The molecular formula is C26H33N3O6S3. The Morgan fingerprint density at radius 1 is 1.13 bits per heavy atom. The van der Waals surface area contributed by atoms with Crippen LogP contribution in [0.3, 0.4) is 0 Å². The summed E-state index contributed by atoms with van der Waals surface area (Å²) in [5, 5.41) is 0.598. The van der Waals surface area contributed by atoms with Crippen LogP contribution in [0.15, 0.2) is 52.3 Å². The Morgan fingerprint density at radius 3 is 2.45 bits per heavy atom. The summed E-state index contributed by atoms with van der Waals surface area (Å²) in [6.07, 6.45) is 3.79. The Labute approximate surface area is 232 Å². The molecule has 1 aromatic heterocycles. The second kappa shape index (κ2) is 13.3. The molecule has 4 rings (SSSR count). The van der Waals surface area contributed by atoms with Crippen LogP contribution in [0.25, 0.3) is 10.2 Å². The van der Waals surface area contributed by atoms with E-state index in [1.54, 1.807) is 28.8 Å². The zero-order valence-electron chi connectivity index (χ0n) is 21.8. The van der Waals surface area contributed by atoms with E-state index in [4.69, 9.17) is 19.2 Å². The minimum atomic E-state index is -3.79. The molecule has 2 aromatic carbocycles. The molecule has 1 amide bonds. The standard InChI is InChI=1S/C26H33N3O6S3/c1-33-15-12-28(13-16-34-2)38(31,32)22-9-6-19(7-10-22)25(30)29(18-20-5-4-14-35-20)26-27-23-11-8-21(36-3)17-24(23)37-26/h6-11,17,20H,4-5,12-16,18H2,1-3H3. The van der Waals surface area contributed by atoms with Crippen LogP contribution >= 0.6 is 23.1 Å². The van der Waals surface area contributed by atoms with Gasteiger partial charge in [0.25, 0.3) is 5.91 Å². The van der Waals surface area contributed by atoms with Crippen molar-refractivity contribution in [1.29, 1.82) is 0 Å². The third kappa shape index (κ3) is 6.74. The van der Waals surface area contributed by atoms with Crippen LogP contribution in [0.1, 0.15) is 23.2 Å². The maximum absolute atomic E-state index is 13.8. The lowest BCUT2D eigenvalue weighted by atomic mass is 10.2. The molecule has 0 radical (unpaired) electrons. The van der Waals surface area contributed by atoms with Crippen molar-refractivity contribution in [2.75, 3.05) is 64.8 Å². The molecule has 38 heavy (non-hydrogen) atoms. The van der Waals surface area contributed by atoms with Crippen LogP contribution in [0.2, 0.25) is 0 Å². The van der Waals surface area contributed by atoms with Gasteiger partial charge in [-0.3, -0.25) is 9.69 Å². The number of carbonyl (C=O) groups is 1. The fraction of sp³-hybridized carbons (Fsp3) is 0.462. The highest BCUT2D eigenvalue weighted by molar-refractivity contribution is 7.98. The number of thioether (sulfide) groups is 1. The van der Waals surface area contributed by atoms with Crippen molar-refractivity contribution in [2.24, 2.45) is 0 Å². The van der Waals surface area contributed by atoms with Gasteiger partial charge in [-0.2, -0.15) is 4.31 Å². The van der Waals surface area contributed by atoms with Crippen LogP contribution in [0.5, 0.6) is 0 Å². The molecule has 0 bridgehead atoms. The van der Waals surface area contributed by atoms with Gasteiger partial charge >= 0.3 is 0 Å². The highest BCUT2D eigenvalue weighted by Gasteiger charge is 2.28. The second-order valence-corrected chi connectivity index (χ2v) is 12.6. The van der Waals surface area contributed by atoms with Crippen LogP contribution in [0.4, 0.5) is 5.13 Å². The molecule has 3 aromatic rings. The first-order valence-corrected chi connectivity index (χ1v) is 15.8. The number of amides is 1. The van der Waals surface area contributed by atoms with E-state index in [1.165, 1.54) is 42.0 Å². The van der Waals surface area contributed by atoms with E-state index < -0.39 is 10.0 Å². The van der Waals surface area contributed by atoms with E-state index in [0.29, 0.717) is 23.8 Å². The first-order valence-electron chi connectivity index (χ1n) is 12.3. The summed E-state index contributed by atoms with van der Waals surface area (Å²) in [5.41, 5.74) is 1.22. The summed E-state index contributed by atoms with van der Waals surface area (Å²) in [6.45, 7) is 1.99. The summed E-state index contributed by atoms with van der Waals surface area (Å²) >= 11 is 3.12. The summed E-state index contributed by atoms with van der Waals surface area (Å²) in [6, 6.07) is 12.1. The molecule has 9 nitrogen and oxygen atoms in total. The normalized spacial score (nSPS) is 15.9. The van der Waals surface area contributed by atoms with Crippen molar-refractivity contribution < 1.29 is 27.4 Å². The van der Waals surface area contributed by atoms with Crippen LogP contribution in [-0.2, 0) is 24.2 Å². The highest BCUT2D eigenvalue weighted by Crippen LogP contribution is 2.33. The molecule has 1 fully saturated rings. The molecule has 206 valence electrons. The lowest BCUT2D eigenvalue weighted by molar-refractivity contribution is 0.0917. The first kappa shape index (κ1) is 28.9. The quantitative estimate of drug-likeness (QED) is 0.279. The number of methoxy groups -OCH3 is 2. The number of ether oxygens (including phenoxy) is 3. The van der Waals surface area contributed by atoms with E-state index in [2.05, 4.69) is 6.07 Å². The predicted octanol–water partition coefficient (Wildman–Crippen LogP) is 4.13. The van der Waals surface area contributed by atoms with Gasteiger partial charge in [-0.1, -0.05) is 11.3 Å². The Balaban J connectivity index is 1.61. The Bertz CT molecular complexity index is 1320. The smallest absolute Gasteiger partial charge is 0.260 e. The van der Waals surface area contributed by atoms with Crippen molar-refractivity contribution in [1.82, 2.24) is 9.29 Å². The van der Waals surface area contributed by atoms with Gasteiger partial charge in [-0.25, -0.2) is 13.4 Å². The number of fused-ring (bicyclic) bond motifs is 1. The minimum absolute atomic E-state index is 0.0671. The lowest BCUT2D eigenvalue weighted by Crippen LogP contribution is -2.38. The molecule has 2 heterocycles. The number of carbonyl (C=O) groups excluding carboxylic acids is 1. The van der Waals surface area contributed by atoms with Crippen LogP contribution in [-0.4, -0.2) is 89.6 Å². The van der Waals surface area contributed by atoms with Gasteiger partial charge in [0.1, 0.15) is 0 Å². The summed E-state index contributed by atoms with van der Waals surface area (Å²) in [4.78, 5) is 21.4. The van der Waals surface area contributed by atoms with E-state index in [-0.39, 0.29) is 43.2 Å². The molecule has 1 aliphatic heterocycles. The highest BCUT2D eigenvalue weighted by atomic mass is 32.2. The van der Waals surface area contributed by atoms with Crippen molar-refractivity contribution in [3.63, 3.8) is 0 Å². The van der Waals surface area contributed by atoms with Gasteiger partial charge in [0.2, 0.25) is 10.0 Å². The molecule has 1 aliphatic rings. The van der Waals surface area contributed by atoms with Crippen molar-refractivity contribution in [3.8, 4) is 0 Å². The van der Waals surface area contributed by atoms with Gasteiger partial charge in [-0.05, 0) is 61.6 Å².